The van der Waals surface area contributed by atoms with Crippen LogP contribution in [0.1, 0.15) is 10.4 Å². The molecule has 0 aliphatic carbocycles. The van der Waals surface area contributed by atoms with Gasteiger partial charge >= 0.3 is 0 Å². The van der Waals surface area contributed by atoms with E-state index >= 15 is 0 Å². The van der Waals surface area contributed by atoms with Gasteiger partial charge in [-0.3, -0.25) is 9.59 Å². The van der Waals surface area contributed by atoms with E-state index in [1.807, 2.05) is 0 Å². The monoisotopic (exact) mass is 302 g/mol. The minimum absolute atomic E-state index is 0.0109. The first kappa shape index (κ1) is 15.5. The molecule has 22 heavy (non-hydrogen) atoms. The number of hydrogen-bond acceptors (Lipinski definition) is 3. The van der Waals surface area contributed by atoms with Gasteiger partial charge in [-0.1, -0.05) is 18.2 Å². The lowest BCUT2D eigenvalue weighted by Crippen LogP contribution is -2.21. The number of para-hydroxylation sites is 1. The minimum Gasteiger partial charge on any atom is -0.481 e. The van der Waals surface area contributed by atoms with E-state index in [1.54, 1.807) is 30.3 Å². The summed E-state index contributed by atoms with van der Waals surface area (Å²) in [7, 11) is 1.52. The average Bonchev–Trinajstić information content (AvgIpc) is 2.53. The first-order chi connectivity index (χ1) is 10.6. The molecule has 0 aliphatic heterocycles. The summed E-state index contributed by atoms with van der Waals surface area (Å²) >= 11 is 0. The molecule has 114 valence electrons. The van der Waals surface area contributed by atoms with Crippen LogP contribution < -0.4 is 15.4 Å². The highest BCUT2D eigenvalue weighted by molar-refractivity contribution is 5.97. The highest BCUT2D eigenvalue weighted by Crippen LogP contribution is 2.15. The van der Waals surface area contributed by atoms with Crippen LogP contribution in [0.4, 0.5) is 10.1 Å². The first-order valence-corrected chi connectivity index (χ1v) is 6.59. The highest BCUT2D eigenvalue weighted by Gasteiger charge is 2.08. The third-order valence-electron chi connectivity index (χ3n) is 2.83. The molecule has 0 aromatic heterocycles. The second-order valence-corrected chi connectivity index (χ2v) is 4.43. The quantitative estimate of drug-likeness (QED) is 0.890. The van der Waals surface area contributed by atoms with Gasteiger partial charge in [-0.15, -0.1) is 0 Å². The molecule has 0 saturated heterocycles. The van der Waals surface area contributed by atoms with E-state index in [4.69, 9.17) is 4.74 Å². The minimum atomic E-state index is -0.531. The zero-order valence-electron chi connectivity index (χ0n) is 11.9. The molecular weight excluding hydrogens is 287 g/mol. The van der Waals surface area contributed by atoms with Crippen molar-refractivity contribution in [2.24, 2.45) is 0 Å². The fraction of sp³-hybridized carbons (Fsp3) is 0.125. The predicted octanol–water partition coefficient (Wildman–Crippen LogP) is 2.20. The Kier molecular flexibility index (Phi) is 5.08. The number of carbonyl (C=O) groups excluding carboxylic acids is 2. The maximum atomic E-state index is 13.3. The van der Waals surface area contributed by atoms with Crippen molar-refractivity contribution in [3.05, 3.63) is 59.9 Å². The number of anilines is 1. The Labute approximate surface area is 127 Å². The number of ether oxygens (including phenoxy) is 1. The Morgan fingerprint density at radius 1 is 1.14 bits per heavy atom. The molecule has 2 N–H and O–H groups in total. The zero-order chi connectivity index (χ0) is 15.9. The predicted molar refractivity (Wildman–Crippen MR) is 80.4 cm³/mol. The Bertz CT molecular complexity index is 689. The molecule has 0 aliphatic rings. The number of halogens is 1. The number of nitrogens with one attached hydrogen (secondary N) is 2. The molecular formula is C16H15FN2O3. The van der Waals surface area contributed by atoms with Crippen LogP contribution in [0.3, 0.4) is 0 Å². The summed E-state index contributed by atoms with van der Waals surface area (Å²) < 4.78 is 18.4. The largest absolute Gasteiger partial charge is 0.481 e. The van der Waals surface area contributed by atoms with Crippen molar-refractivity contribution in [2.45, 2.75) is 0 Å². The molecule has 2 rings (SSSR count). The van der Waals surface area contributed by atoms with Crippen LogP contribution in [-0.2, 0) is 4.79 Å². The second-order valence-electron chi connectivity index (χ2n) is 4.43. The van der Waals surface area contributed by atoms with Crippen LogP contribution in [0.5, 0.6) is 5.75 Å². The lowest BCUT2D eigenvalue weighted by molar-refractivity contribution is -0.118. The molecule has 0 saturated carbocycles. The molecule has 2 amide bonds. The zero-order valence-corrected chi connectivity index (χ0v) is 11.9. The van der Waals surface area contributed by atoms with E-state index in [2.05, 4.69) is 10.6 Å². The lowest BCUT2D eigenvalue weighted by atomic mass is 10.2. The maximum absolute atomic E-state index is 13.3. The van der Waals surface area contributed by atoms with E-state index < -0.39 is 11.7 Å². The van der Waals surface area contributed by atoms with Crippen LogP contribution in [0.15, 0.2) is 48.5 Å². The SMILES string of the molecule is CNC(=O)c1cccc(NC(=O)COc2ccccc2F)c1. The fourth-order valence-electron chi connectivity index (χ4n) is 1.78. The summed E-state index contributed by atoms with van der Waals surface area (Å²) in [6, 6.07) is 12.3. The van der Waals surface area contributed by atoms with Crippen LogP contribution in [0, 0.1) is 5.82 Å². The van der Waals surface area contributed by atoms with E-state index in [0.717, 1.165) is 0 Å². The van der Waals surface area contributed by atoms with Crippen molar-refractivity contribution in [2.75, 3.05) is 19.0 Å². The molecule has 5 nitrogen and oxygen atoms in total. The molecule has 0 bridgehead atoms. The summed E-state index contributed by atoms with van der Waals surface area (Å²) in [5, 5.41) is 5.08. The second kappa shape index (κ2) is 7.21. The Morgan fingerprint density at radius 2 is 1.91 bits per heavy atom. The summed E-state index contributed by atoms with van der Waals surface area (Å²) in [5.74, 6) is -1.22. The summed E-state index contributed by atoms with van der Waals surface area (Å²) in [4.78, 5) is 23.3. The van der Waals surface area contributed by atoms with Gasteiger partial charge in [0, 0.05) is 18.3 Å². The fourth-order valence-corrected chi connectivity index (χ4v) is 1.78. The smallest absolute Gasteiger partial charge is 0.262 e. The molecule has 6 heteroatoms. The molecule has 0 unspecified atom stereocenters. The van der Waals surface area contributed by atoms with Crippen molar-refractivity contribution < 1.29 is 18.7 Å². The molecule has 0 spiro atoms. The van der Waals surface area contributed by atoms with Crippen molar-refractivity contribution >= 4 is 17.5 Å². The first-order valence-electron chi connectivity index (χ1n) is 6.59. The number of amides is 2. The van der Waals surface area contributed by atoms with Crippen LogP contribution >= 0.6 is 0 Å². The van der Waals surface area contributed by atoms with Crippen LogP contribution in [0.25, 0.3) is 0 Å². The maximum Gasteiger partial charge on any atom is 0.262 e. The molecule has 0 atom stereocenters. The van der Waals surface area contributed by atoms with Crippen molar-refractivity contribution in [1.82, 2.24) is 5.32 Å². The van der Waals surface area contributed by atoms with Gasteiger partial charge in [0.15, 0.2) is 18.2 Å². The average molecular weight is 302 g/mol. The number of hydrogen-bond donors (Lipinski definition) is 2. The summed E-state index contributed by atoms with van der Waals surface area (Å²) in [6.45, 7) is -0.328. The van der Waals surface area contributed by atoms with Crippen molar-refractivity contribution in [1.29, 1.82) is 0 Å². The lowest BCUT2D eigenvalue weighted by Gasteiger charge is -2.09. The molecule has 2 aromatic carbocycles. The Balaban J connectivity index is 1.95. The molecule has 0 radical (unpaired) electrons. The Morgan fingerprint density at radius 3 is 2.64 bits per heavy atom. The van der Waals surface area contributed by atoms with Gasteiger partial charge in [0.1, 0.15) is 0 Å². The van der Waals surface area contributed by atoms with E-state index in [-0.39, 0.29) is 18.3 Å². The molecule has 2 aromatic rings. The van der Waals surface area contributed by atoms with Gasteiger partial charge < -0.3 is 15.4 Å². The van der Waals surface area contributed by atoms with Gasteiger partial charge in [0.25, 0.3) is 11.8 Å². The summed E-state index contributed by atoms with van der Waals surface area (Å²) in [6.07, 6.45) is 0. The highest BCUT2D eigenvalue weighted by atomic mass is 19.1. The van der Waals surface area contributed by atoms with Crippen molar-refractivity contribution in [3.8, 4) is 5.75 Å². The van der Waals surface area contributed by atoms with E-state index in [0.29, 0.717) is 11.3 Å². The standard InChI is InChI=1S/C16H15FN2O3/c1-18-16(21)11-5-4-6-12(9-11)19-15(20)10-22-14-8-3-2-7-13(14)17/h2-9H,10H2,1H3,(H,18,21)(H,19,20). The number of carbonyl (C=O) groups is 2. The Hall–Kier alpha value is -2.89. The van der Waals surface area contributed by atoms with Crippen LogP contribution in [0.2, 0.25) is 0 Å². The van der Waals surface area contributed by atoms with Gasteiger partial charge in [-0.05, 0) is 30.3 Å². The van der Waals surface area contributed by atoms with Crippen LogP contribution in [-0.4, -0.2) is 25.5 Å². The van der Waals surface area contributed by atoms with E-state index in [1.165, 1.54) is 25.2 Å². The van der Waals surface area contributed by atoms with Crippen molar-refractivity contribution in [3.63, 3.8) is 0 Å². The third-order valence-corrected chi connectivity index (χ3v) is 2.83. The number of benzene rings is 2. The third kappa shape index (κ3) is 4.05. The van der Waals surface area contributed by atoms with Gasteiger partial charge in [0.05, 0.1) is 0 Å². The van der Waals surface area contributed by atoms with Gasteiger partial charge in [-0.25, -0.2) is 4.39 Å². The molecule has 0 fully saturated rings. The number of rotatable bonds is 5. The van der Waals surface area contributed by atoms with Gasteiger partial charge in [0.2, 0.25) is 0 Å². The molecule has 0 heterocycles. The summed E-state index contributed by atoms with van der Waals surface area (Å²) in [5.41, 5.74) is 0.888. The topological polar surface area (TPSA) is 67.4 Å². The van der Waals surface area contributed by atoms with Gasteiger partial charge in [-0.2, -0.15) is 0 Å². The normalized spacial score (nSPS) is 9.91. The van der Waals surface area contributed by atoms with E-state index in [9.17, 15) is 14.0 Å².